The topological polar surface area (TPSA) is 74.5 Å². The molecule has 106 valence electrons. The van der Waals surface area contributed by atoms with Gasteiger partial charge in [0.05, 0.1) is 12.8 Å². The maximum Gasteiger partial charge on any atom is 0.319 e. The SMILES string of the molecule is CC(O)(CNC(=O)Nc1ccc(Br)cc1)c1ccco1. The Bertz CT molecular complexity index is 565. The number of halogens is 1. The van der Waals surface area contributed by atoms with Gasteiger partial charge < -0.3 is 20.2 Å². The summed E-state index contributed by atoms with van der Waals surface area (Å²) in [5, 5.41) is 15.5. The minimum atomic E-state index is -1.25. The van der Waals surface area contributed by atoms with Gasteiger partial charge >= 0.3 is 6.03 Å². The molecule has 1 atom stereocenters. The van der Waals surface area contributed by atoms with E-state index in [-0.39, 0.29) is 12.6 Å². The van der Waals surface area contributed by atoms with Crippen LogP contribution in [0.3, 0.4) is 0 Å². The third kappa shape index (κ3) is 3.85. The number of hydrogen-bond donors (Lipinski definition) is 3. The van der Waals surface area contributed by atoms with E-state index >= 15 is 0 Å². The van der Waals surface area contributed by atoms with Crippen molar-refractivity contribution < 1.29 is 14.3 Å². The van der Waals surface area contributed by atoms with Crippen LogP contribution in [0, 0.1) is 0 Å². The number of rotatable bonds is 4. The minimum Gasteiger partial charge on any atom is -0.466 e. The van der Waals surface area contributed by atoms with E-state index in [1.165, 1.54) is 6.26 Å². The Morgan fingerprint density at radius 3 is 2.65 bits per heavy atom. The monoisotopic (exact) mass is 338 g/mol. The van der Waals surface area contributed by atoms with E-state index < -0.39 is 5.60 Å². The number of nitrogens with one attached hydrogen (secondary N) is 2. The van der Waals surface area contributed by atoms with Gasteiger partial charge in [0, 0.05) is 10.2 Å². The van der Waals surface area contributed by atoms with E-state index in [2.05, 4.69) is 26.6 Å². The van der Waals surface area contributed by atoms with E-state index in [4.69, 9.17) is 4.42 Å². The molecule has 1 aromatic carbocycles. The molecule has 3 N–H and O–H groups in total. The van der Waals surface area contributed by atoms with Gasteiger partial charge in [-0.3, -0.25) is 0 Å². The van der Waals surface area contributed by atoms with Crippen molar-refractivity contribution in [3.8, 4) is 0 Å². The third-order valence-electron chi connectivity index (χ3n) is 2.75. The van der Waals surface area contributed by atoms with Crippen molar-refractivity contribution in [2.45, 2.75) is 12.5 Å². The largest absolute Gasteiger partial charge is 0.466 e. The van der Waals surface area contributed by atoms with E-state index in [1.807, 2.05) is 12.1 Å². The maximum atomic E-state index is 11.7. The standard InChI is InChI=1S/C14H15BrN2O3/c1-14(19,12-3-2-8-20-12)9-16-13(18)17-11-6-4-10(15)5-7-11/h2-8,19H,9H2,1H3,(H2,16,17,18). The number of aliphatic hydroxyl groups is 1. The second-order valence-corrected chi connectivity index (χ2v) is 5.48. The summed E-state index contributed by atoms with van der Waals surface area (Å²) in [6, 6.07) is 10.2. The highest BCUT2D eigenvalue weighted by molar-refractivity contribution is 9.10. The number of carbonyl (C=O) groups is 1. The highest BCUT2D eigenvalue weighted by atomic mass is 79.9. The predicted molar refractivity (Wildman–Crippen MR) is 79.4 cm³/mol. The van der Waals surface area contributed by atoms with Crippen LogP contribution in [0.15, 0.2) is 51.6 Å². The zero-order valence-electron chi connectivity index (χ0n) is 10.9. The van der Waals surface area contributed by atoms with Gasteiger partial charge in [-0.25, -0.2) is 4.79 Å². The maximum absolute atomic E-state index is 11.7. The lowest BCUT2D eigenvalue weighted by atomic mass is 10.0. The molecule has 2 aromatic rings. The summed E-state index contributed by atoms with van der Waals surface area (Å²) in [5.74, 6) is 0.404. The first-order valence-electron chi connectivity index (χ1n) is 6.04. The van der Waals surface area contributed by atoms with E-state index in [9.17, 15) is 9.90 Å². The average molecular weight is 339 g/mol. The third-order valence-corrected chi connectivity index (χ3v) is 3.28. The first-order chi connectivity index (χ1) is 9.47. The normalized spacial score (nSPS) is 13.6. The van der Waals surface area contributed by atoms with Gasteiger partial charge in [-0.15, -0.1) is 0 Å². The lowest BCUT2D eigenvalue weighted by molar-refractivity contribution is 0.0372. The molecule has 0 bridgehead atoms. The molecule has 0 fully saturated rings. The van der Waals surface area contributed by atoms with Gasteiger partial charge in [0.1, 0.15) is 11.4 Å². The Labute approximate surface area is 125 Å². The molecule has 1 aromatic heterocycles. The molecular formula is C14H15BrN2O3. The molecule has 2 amide bonds. The molecule has 20 heavy (non-hydrogen) atoms. The minimum absolute atomic E-state index is 0.0445. The van der Waals surface area contributed by atoms with Gasteiger partial charge in [-0.2, -0.15) is 0 Å². The van der Waals surface area contributed by atoms with Crippen LogP contribution in [0.5, 0.6) is 0 Å². The summed E-state index contributed by atoms with van der Waals surface area (Å²) in [7, 11) is 0. The molecule has 0 saturated heterocycles. The second kappa shape index (κ2) is 6.11. The molecule has 5 nitrogen and oxygen atoms in total. The van der Waals surface area contributed by atoms with Gasteiger partial charge in [0.15, 0.2) is 0 Å². The summed E-state index contributed by atoms with van der Waals surface area (Å²) in [6.45, 7) is 1.62. The highest BCUT2D eigenvalue weighted by Gasteiger charge is 2.26. The van der Waals surface area contributed by atoms with Crippen LogP contribution in [0.4, 0.5) is 10.5 Å². The number of furan rings is 1. The molecule has 0 saturated carbocycles. The van der Waals surface area contributed by atoms with Crippen molar-refractivity contribution in [2.24, 2.45) is 0 Å². The molecule has 6 heteroatoms. The number of benzene rings is 1. The molecule has 2 rings (SSSR count). The van der Waals surface area contributed by atoms with Crippen LogP contribution < -0.4 is 10.6 Å². The second-order valence-electron chi connectivity index (χ2n) is 4.57. The summed E-state index contributed by atoms with van der Waals surface area (Å²) in [4.78, 5) is 11.7. The predicted octanol–water partition coefficient (Wildman–Crippen LogP) is 3.07. The molecular weight excluding hydrogens is 324 g/mol. The van der Waals surface area contributed by atoms with Crippen molar-refractivity contribution in [3.63, 3.8) is 0 Å². The Morgan fingerprint density at radius 1 is 1.35 bits per heavy atom. The number of amides is 2. The van der Waals surface area contributed by atoms with Crippen molar-refractivity contribution in [1.82, 2.24) is 5.32 Å². The van der Waals surface area contributed by atoms with Gasteiger partial charge in [-0.05, 0) is 43.3 Å². The summed E-state index contributed by atoms with van der Waals surface area (Å²) >= 11 is 3.32. The quantitative estimate of drug-likeness (QED) is 0.801. The van der Waals surface area contributed by atoms with Crippen LogP contribution in [-0.2, 0) is 5.60 Å². The summed E-state index contributed by atoms with van der Waals surface area (Å²) in [5.41, 5.74) is -0.580. The fourth-order valence-electron chi connectivity index (χ4n) is 1.63. The Balaban J connectivity index is 1.88. The van der Waals surface area contributed by atoms with Gasteiger partial charge in [0.25, 0.3) is 0 Å². The molecule has 0 aliphatic carbocycles. The van der Waals surface area contributed by atoms with Crippen molar-refractivity contribution in [1.29, 1.82) is 0 Å². The smallest absolute Gasteiger partial charge is 0.319 e. The van der Waals surface area contributed by atoms with Crippen molar-refractivity contribution in [3.05, 3.63) is 52.9 Å². The lowest BCUT2D eigenvalue weighted by Crippen LogP contribution is -2.40. The van der Waals surface area contributed by atoms with Crippen molar-refractivity contribution >= 4 is 27.6 Å². The number of hydrogen-bond acceptors (Lipinski definition) is 3. The molecule has 0 spiro atoms. The highest BCUT2D eigenvalue weighted by Crippen LogP contribution is 2.20. The molecule has 1 heterocycles. The molecule has 0 radical (unpaired) electrons. The van der Waals surface area contributed by atoms with Crippen LogP contribution in [-0.4, -0.2) is 17.7 Å². The number of carbonyl (C=O) groups excluding carboxylic acids is 1. The molecule has 0 aliphatic heterocycles. The van der Waals surface area contributed by atoms with Crippen molar-refractivity contribution in [2.75, 3.05) is 11.9 Å². The first kappa shape index (κ1) is 14.6. The van der Waals surface area contributed by atoms with Gasteiger partial charge in [0.2, 0.25) is 0 Å². The van der Waals surface area contributed by atoms with E-state index in [0.29, 0.717) is 11.4 Å². The first-order valence-corrected chi connectivity index (χ1v) is 6.83. The summed E-state index contributed by atoms with van der Waals surface area (Å²) in [6.07, 6.45) is 1.48. The fourth-order valence-corrected chi connectivity index (χ4v) is 1.90. The van der Waals surface area contributed by atoms with Crippen LogP contribution in [0.1, 0.15) is 12.7 Å². The van der Waals surface area contributed by atoms with Crippen LogP contribution >= 0.6 is 15.9 Å². The molecule has 1 unspecified atom stereocenters. The zero-order valence-corrected chi connectivity index (χ0v) is 12.5. The molecule has 0 aliphatic rings. The lowest BCUT2D eigenvalue weighted by Gasteiger charge is -2.21. The number of urea groups is 1. The van der Waals surface area contributed by atoms with E-state index in [0.717, 1.165) is 4.47 Å². The Kier molecular flexibility index (Phi) is 4.46. The number of anilines is 1. The van der Waals surface area contributed by atoms with Crippen LogP contribution in [0.2, 0.25) is 0 Å². The van der Waals surface area contributed by atoms with Gasteiger partial charge in [-0.1, -0.05) is 15.9 Å². The average Bonchev–Trinajstić information content (AvgIpc) is 2.94. The van der Waals surface area contributed by atoms with E-state index in [1.54, 1.807) is 31.2 Å². The Hall–Kier alpha value is -1.79. The Morgan fingerprint density at radius 2 is 2.05 bits per heavy atom. The summed E-state index contributed by atoms with van der Waals surface area (Å²) < 4.78 is 6.07. The van der Waals surface area contributed by atoms with Crippen LogP contribution in [0.25, 0.3) is 0 Å². The zero-order chi connectivity index (χ0) is 14.6. The fraction of sp³-hybridized carbons (Fsp3) is 0.214.